The number of aliphatic hydroxyl groups is 1. The molecule has 0 aliphatic carbocycles. The van der Waals surface area contributed by atoms with Crippen LogP contribution in [0.3, 0.4) is 0 Å². The summed E-state index contributed by atoms with van der Waals surface area (Å²) in [6.07, 6.45) is 0. The van der Waals surface area contributed by atoms with Crippen LogP contribution in [-0.2, 0) is 23.9 Å². The van der Waals surface area contributed by atoms with Crippen molar-refractivity contribution in [1.82, 2.24) is 9.78 Å². The minimum Gasteiger partial charge on any atom is -0.544 e. The van der Waals surface area contributed by atoms with E-state index in [-0.39, 0.29) is 64.5 Å². The number of alkyl halides is 2. The van der Waals surface area contributed by atoms with E-state index in [9.17, 15) is 23.8 Å². The number of hydrogen-bond donors (Lipinski definition) is 1. The molecule has 1 heterocycles. The second kappa shape index (κ2) is 8.78. The van der Waals surface area contributed by atoms with Gasteiger partial charge in [-0.25, -0.2) is 4.85 Å². The van der Waals surface area contributed by atoms with Gasteiger partial charge in [-0.2, -0.15) is 13.9 Å². The number of halogens is 2. The molecule has 9 heteroatoms. The zero-order valence-electron chi connectivity index (χ0n) is 15.2. The number of hydrogen-bond acceptors (Lipinski definition) is 4. The first-order valence-electron chi connectivity index (χ1n) is 7.95. The van der Waals surface area contributed by atoms with Crippen LogP contribution in [0.15, 0.2) is 36.4 Å². The predicted molar refractivity (Wildman–Crippen MR) is 91.1 cm³/mol. The Kier molecular flexibility index (Phi) is 7.09. The summed E-state index contributed by atoms with van der Waals surface area (Å²) in [4.78, 5) is 14.2. The average molecular weight is 409 g/mol. The first kappa shape index (κ1) is 22.6. The van der Waals surface area contributed by atoms with Gasteiger partial charge in [0.15, 0.2) is 5.69 Å². The molecule has 3 rings (SSSR count). The fourth-order valence-electron chi connectivity index (χ4n) is 2.98. The summed E-state index contributed by atoms with van der Waals surface area (Å²) in [7, 11) is 0. The minimum absolute atomic E-state index is 0. The molecule has 0 radical (unpaired) electrons. The maximum atomic E-state index is 13.8. The van der Waals surface area contributed by atoms with Crippen molar-refractivity contribution in [1.29, 1.82) is 0 Å². The number of aliphatic hydroxyl groups excluding tert-OH is 1. The van der Waals surface area contributed by atoms with Gasteiger partial charge in [0.25, 0.3) is 0 Å². The molecule has 0 amide bonds. The molecule has 0 aliphatic heterocycles. The van der Waals surface area contributed by atoms with Crippen LogP contribution in [0.5, 0.6) is 0 Å². The molecule has 2 aromatic carbocycles. The molecule has 3 aromatic rings. The normalized spacial score (nSPS) is 11.1. The van der Waals surface area contributed by atoms with Gasteiger partial charge in [0.1, 0.15) is 5.97 Å². The third-order valence-corrected chi connectivity index (χ3v) is 4.40. The van der Waals surface area contributed by atoms with Crippen LogP contribution in [0.25, 0.3) is 15.7 Å². The second-order valence-corrected chi connectivity index (χ2v) is 6.02. The van der Waals surface area contributed by atoms with Gasteiger partial charge >= 0.3 is 57.3 Å². The van der Waals surface area contributed by atoms with E-state index >= 15 is 0 Å². The van der Waals surface area contributed by atoms with Gasteiger partial charge in [0.2, 0.25) is 0 Å². The van der Waals surface area contributed by atoms with Crippen molar-refractivity contribution in [2.24, 2.45) is 0 Å². The van der Waals surface area contributed by atoms with Crippen LogP contribution in [0.4, 0.5) is 14.5 Å². The molecule has 28 heavy (non-hydrogen) atoms. The maximum absolute atomic E-state index is 13.8. The Morgan fingerprint density at radius 1 is 1.36 bits per heavy atom. The van der Waals surface area contributed by atoms with Gasteiger partial charge in [-0.1, -0.05) is 30.3 Å². The molecular formula is C19H14F2KN3O3. The van der Waals surface area contributed by atoms with E-state index in [2.05, 4.69) is 9.94 Å². The predicted octanol–water partition coefficient (Wildman–Crippen LogP) is -0.718. The molecule has 0 fully saturated rings. The van der Waals surface area contributed by atoms with Gasteiger partial charge in [0.05, 0.1) is 30.9 Å². The zero-order chi connectivity index (χ0) is 19.8. The van der Waals surface area contributed by atoms with Crippen LogP contribution >= 0.6 is 0 Å². The van der Waals surface area contributed by atoms with E-state index in [1.165, 1.54) is 10.7 Å². The third kappa shape index (κ3) is 4.03. The fraction of sp³-hybridized carbons (Fsp3) is 0.211. The fourth-order valence-corrected chi connectivity index (χ4v) is 2.98. The number of aryl methyl sites for hydroxylation is 1. The van der Waals surface area contributed by atoms with Crippen molar-refractivity contribution < 1.29 is 75.2 Å². The minimum atomic E-state index is -4.14. The molecule has 0 saturated carbocycles. The van der Waals surface area contributed by atoms with Crippen LogP contribution in [0.2, 0.25) is 0 Å². The number of carboxylic acid groups (broad SMARTS) is 1. The van der Waals surface area contributed by atoms with Crippen molar-refractivity contribution in [2.75, 3.05) is 0 Å². The van der Waals surface area contributed by atoms with Crippen LogP contribution in [0.1, 0.15) is 22.4 Å². The van der Waals surface area contributed by atoms with Crippen LogP contribution in [-0.4, -0.2) is 20.9 Å². The summed E-state index contributed by atoms with van der Waals surface area (Å²) in [5, 5.41) is 25.2. The molecule has 0 unspecified atom stereocenters. The molecule has 1 aromatic heterocycles. The van der Waals surface area contributed by atoms with Crippen LogP contribution in [0, 0.1) is 13.5 Å². The largest absolute Gasteiger partial charge is 1.00 e. The van der Waals surface area contributed by atoms with E-state index < -0.39 is 17.5 Å². The number of benzene rings is 2. The Labute approximate surface area is 202 Å². The molecule has 0 atom stereocenters. The zero-order valence-corrected chi connectivity index (χ0v) is 18.4. The number of carbonyl (C=O) groups is 1. The standard InChI is InChI=1S/C19H15F2N3O3.K/c1-11-14-7-6-13(19(20,21)18(26)27)8-17(14)24(23-11)9-15-12(10-25)4-3-5-16(15)22-2;/h3-8,25H,9-10H2,1H3,(H,26,27);/q;+1/p-1. The van der Waals surface area contributed by atoms with Gasteiger partial charge in [0, 0.05) is 10.9 Å². The monoisotopic (exact) mass is 409 g/mol. The molecular weight excluding hydrogens is 395 g/mol. The number of aromatic nitrogens is 2. The van der Waals surface area contributed by atoms with Gasteiger partial charge in [-0.3, -0.25) is 4.68 Å². The topological polar surface area (TPSA) is 82.5 Å². The quantitative estimate of drug-likeness (QED) is 0.446. The molecule has 0 spiro atoms. The summed E-state index contributed by atoms with van der Waals surface area (Å²) in [6.45, 7) is 8.78. The van der Waals surface area contributed by atoms with Crippen molar-refractivity contribution in [3.8, 4) is 0 Å². The Morgan fingerprint density at radius 2 is 2.07 bits per heavy atom. The molecule has 0 saturated heterocycles. The van der Waals surface area contributed by atoms with Gasteiger partial charge < -0.3 is 15.0 Å². The van der Waals surface area contributed by atoms with Crippen LogP contribution < -0.4 is 56.5 Å². The summed E-state index contributed by atoms with van der Waals surface area (Å²) in [5.74, 6) is -6.62. The second-order valence-electron chi connectivity index (χ2n) is 6.02. The number of aliphatic carboxylic acids is 1. The first-order chi connectivity index (χ1) is 12.8. The maximum Gasteiger partial charge on any atom is 1.00 e. The molecule has 1 N–H and O–H groups in total. The number of nitrogens with zero attached hydrogens (tertiary/aromatic N) is 3. The molecule has 6 nitrogen and oxygen atoms in total. The summed E-state index contributed by atoms with van der Waals surface area (Å²) < 4.78 is 29.1. The SMILES string of the molecule is [C-]#[N+]c1cccc(CO)c1Cn1nc(C)c2ccc(C(F)(F)C(=O)[O-])cc21.[K+]. The van der Waals surface area contributed by atoms with E-state index in [4.69, 9.17) is 6.57 Å². The Hall–Kier alpha value is -1.67. The first-order valence-corrected chi connectivity index (χ1v) is 7.95. The molecule has 0 aliphatic rings. The summed E-state index contributed by atoms with van der Waals surface area (Å²) >= 11 is 0. The average Bonchev–Trinajstić information content (AvgIpc) is 2.97. The van der Waals surface area contributed by atoms with Gasteiger partial charge in [-0.15, -0.1) is 0 Å². The van der Waals surface area contributed by atoms with E-state index in [0.29, 0.717) is 33.4 Å². The van der Waals surface area contributed by atoms with Crippen molar-refractivity contribution in [3.05, 3.63) is 70.2 Å². The van der Waals surface area contributed by atoms with E-state index in [1.807, 2.05) is 0 Å². The van der Waals surface area contributed by atoms with Crippen molar-refractivity contribution in [3.63, 3.8) is 0 Å². The smallest absolute Gasteiger partial charge is 0.544 e. The van der Waals surface area contributed by atoms with Crippen molar-refractivity contribution in [2.45, 2.75) is 26.0 Å². The third-order valence-electron chi connectivity index (χ3n) is 4.40. The Morgan fingerprint density at radius 3 is 2.68 bits per heavy atom. The molecule has 0 bridgehead atoms. The molecule has 138 valence electrons. The number of carbonyl (C=O) groups excluding carboxylic acids is 1. The van der Waals surface area contributed by atoms with Gasteiger partial charge in [-0.05, 0) is 24.1 Å². The van der Waals surface area contributed by atoms with Crippen molar-refractivity contribution >= 4 is 22.6 Å². The Balaban J connectivity index is 0.00000280. The summed E-state index contributed by atoms with van der Waals surface area (Å²) in [6, 6.07) is 8.38. The summed E-state index contributed by atoms with van der Waals surface area (Å²) in [5.41, 5.74) is 1.53. The number of carboxylic acids is 1. The number of rotatable bonds is 5. The van der Waals surface area contributed by atoms with E-state index in [0.717, 1.165) is 12.1 Å². The number of fused-ring (bicyclic) bond motifs is 1. The Bertz CT molecular complexity index is 1090. The van der Waals surface area contributed by atoms with E-state index in [1.54, 1.807) is 25.1 Å².